The Hall–Kier alpha value is -1.95. The van der Waals surface area contributed by atoms with Gasteiger partial charge in [0.05, 0.1) is 11.4 Å². The lowest BCUT2D eigenvalue weighted by atomic mass is 10.2. The molecule has 0 aromatic carbocycles. The molecule has 2 aromatic heterocycles. The maximum atomic E-state index is 5.43. The van der Waals surface area contributed by atoms with Gasteiger partial charge in [-0.1, -0.05) is 6.92 Å². The van der Waals surface area contributed by atoms with Crippen molar-refractivity contribution in [1.29, 1.82) is 0 Å². The number of nitrogens with zero attached hydrogens (tertiary/aromatic N) is 4. The molecule has 0 fully saturated rings. The van der Waals surface area contributed by atoms with Crippen molar-refractivity contribution >= 4 is 5.82 Å². The molecule has 0 aliphatic heterocycles. The molecule has 2 heterocycles. The second-order valence-corrected chi connectivity index (χ2v) is 4.66. The maximum Gasteiger partial charge on any atom is 0.157 e. The molecule has 0 unspecified atom stereocenters. The van der Waals surface area contributed by atoms with E-state index in [0.717, 1.165) is 36.7 Å². The Balaban J connectivity index is 2.36. The molecule has 2 aromatic rings. The average Bonchev–Trinajstić information content (AvgIpc) is 2.94. The molecule has 0 amide bonds. The smallest absolute Gasteiger partial charge is 0.157 e. The van der Waals surface area contributed by atoms with Crippen molar-refractivity contribution in [3.63, 3.8) is 0 Å². The van der Waals surface area contributed by atoms with Gasteiger partial charge < -0.3 is 10.1 Å². The van der Waals surface area contributed by atoms with Crippen LogP contribution in [0.3, 0.4) is 0 Å². The fraction of sp³-hybridized carbons (Fsp3) is 0.533. The van der Waals surface area contributed by atoms with Gasteiger partial charge in [0.1, 0.15) is 12.4 Å². The van der Waals surface area contributed by atoms with Crippen LogP contribution in [0.1, 0.15) is 33.0 Å². The molecule has 0 aliphatic carbocycles. The van der Waals surface area contributed by atoms with E-state index in [4.69, 9.17) is 4.74 Å². The van der Waals surface area contributed by atoms with Gasteiger partial charge in [0.15, 0.2) is 5.82 Å². The minimum atomic E-state index is 0.421. The SMILES string of the molecule is CCCn1nccc1-c1cc(NCC)nc(COCC)n1. The highest BCUT2D eigenvalue weighted by atomic mass is 16.5. The zero-order chi connectivity index (χ0) is 15.1. The van der Waals surface area contributed by atoms with Crippen LogP contribution >= 0.6 is 0 Å². The lowest BCUT2D eigenvalue weighted by Gasteiger charge is -2.10. The molecule has 0 saturated carbocycles. The summed E-state index contributed by atoms with van der Waals surface area (Å²) in [4.78, 5) is 9.07. The Morgan fingerprint density at radius 2 is 2.10 bits per heavy atom. The minimum Gasteiger partial charge on any atom is -0.374 e. The van der Waals surface area contributed by atoms with Crippen LogP contribution in [0, 0.1) is 0 Å². The van der Waals surface area contributed by atoms with Gasteiger partial charge in [0.2, 0.25) is 0 Å². The average molecular weight is 289 g/mol. The number of aryl methyl sites for hydroxylation is 1. The highest BCUT2D eigenvalue weighted by Gasteiger charge is 2.10. The van der Waals surface area contributed by atoms with Gasteiger partial charge in [-0.2, -0.15) is 5.10 Å². The van der Waals surface area contributed by atoms with Crippen molar-refractivity contribution in [3.8, 4) is 11.4 Å². The summed E-state index contributed by atoms with van der Waals surface area (Å²) in [5.41, 5.74) is 1.89. The Bertz CT molecular complexity index is 567. The number of rotatable bonds is 8. The van der Waals surface area contributed by atoms with Crippen LogP contribution < -0.4 is 5.32 Å². The molecule has 2 rings (SSSR count). The molecule has 0 bridgehead atoms. The molecule has 114 valence electrons. The number of hydrogen-bond donors (Lipinski definition) is 1. The maximum absolute atomic E-state index is 5.43. The highest BCUT2D eigenvalue weighted by Crippen LogP contribution is 2.20. The highest BCUT2D eigenvalue weighted by molar-refractivity contribution is 5.58. The van der Waals surface area contributed by atoms with Crippen LogP contribution in [0.15, 0.2) is 18.3 Å². The Kier molecular flexibility index (Phi) is 5.68. The molecule has 0 atom stereocenters. The van der Waals surface area contributed by atoms with Crippen LogP contribution in [-0.2, 0) is 17.9 Å². The van der Waals surface area contributed by atoms with Crippen molar-refractivity contribution < 1.29 is 4.74 Å². The fourth-order valence-corrected chi connectivity index (χ4v) is 2.10. The van der Waals surface area contributed by atoms with Gasteiger partial charge >= 0.3 is 0 Å². The summed E-state index contributed by atoms with van der Waals surface area (Å²) in [5, 5.41) is 7.60. The van der Waals surface area contributed by atoms with Crippen molar-refractivity contribution in [3.05, 3.63) is 24.2 Å². The molecular weight excluding hydrogens is 266 g/mol. The summed E-state index contributed by atoms with van der Waals surface area (Å²) in [6.45, 7) is 8.91. The molecule has 21 heavy (non-hydrogen) atoms. The van der Waals surface area contributed by atoms with Crippen LogP contribution in [0.5, 0.6) is 0 Å². The van der Waals surface area contributed by atoms with Gasteiger partial charge in [0, 0.05) is 32.0 Å². The number of nitrogens with one attached hydrogen (secondary N) is 1. The molecule has 0 saturated heterocycles. The number of ether oxygens (including phenoxy) is 1. The zero-order valence-electron chi connectivity index (χ0n) is 13.0. The van der Waals surface area contributed by atoms with Gasteiger partial charge in [-0.25, -0.2) is 9.97 Å². The molecule has 6 heteroatoms. The molecular formula is C15H23N5O. The summed E-state index contributed by atoms with van der Waals surface area (Å²) in [6.07, 6.45) is 2.84. The van der Waals surface area contributed by atoms with E-state index in [-0.39, 0.29) is 0 Å². The van der Waals surface area contributed by atoms with Crippen LogP contribution in [0.2, 0.25) is 0 Å². The Morgan fingerprint density at radius 1 is 1.24 bits per heavy atom. The largest absolute Gasteiger partial charge is 0.374 e. The van der Waals surface area contributed by atoms with E-state index in [1.807, 2.05) is 36.9 Å². The second-order valence-electron chi connectivity index (χ2n) is 4.66. The lowest BCUT2D eigenvalue weighted by molar-refractivity contribution is 0.128. The Morgan fingerprint density at radius 3 is 2.81 bits per heavy atom. The number of hydrogen-bond acceptors (Lipinski definition) is 5. The predicted molar refractivity (Wildman–Crippen MR) is 83.0 cm³/mol. The van der Waals surface area contributed by atoms with Crippen LogP contribution in [0.25, 0.3) is 11.4 Å². The van der Waals surface area contributed by atoms with Gasteiger partial charge in [-0.3, -0.25) is 4.68 Å². The third-order valence-corrected chi connectivity index (χ3v) is 2.98. The minimum absolute atomic E-state index is 0.421. The first-order valence-electron chi connectivity index (χ1n) is 7.50. The van der Waals surface area contributed by atoms with Crippen LogP contribution in [0.4, 0.5) is 5.82 Å². The van der Waals surface area contributed by atoms with Gasteiger partial charge in [0.25, 0.3) is 0 Å². The topological polar surface area (TPSA) is 64.9 Å². The molecule has 1 N–H and O–H groups in total. The summed E-state index contributed by atoms with van der Waals surface area (Å²) < 4.78 is 7.40. The first-order valence-corrected chi connectivity index (χ1v) is 7.50. The summed E-state index contributed by atoms with van der Waals surface area (Å²) in [5.74, 6) is 1.51. The molecule has 0 aliphatic rings. The van der Waals surface area contributed by atoms with Crippen molar-refractivity contribution in [2.45, 2.75) is 40.3 Å². The monoisotopic (exact) mass is 289 g/mol. The molecule has 6 nitrogen and oxygen atoms in total. The van der Waals surface area contributed by atoms with Crippen molar-refractivity contribution in [1.82, 2.24) is 19.7 Å². The number of aromatic nitrogens is 4. The van der Waals surface area contributed by atoms with Crippen molar-refractivity contribution in [2.75, 3.05) is 18.5 Å². The first-order chi connectivity index (χ1) is 10.3. The van der Waals surface area contributed by atoms with Gasteiger partial charge in [-0.05, 0) is 26.3 Å². The normalized spacial score (nSPS) is 10.8. The van der Waals surface area contributed by atoms with Crippen molar-refractivity contribution in [2.24, 2.45) is 0 Å². The van der Waals surface area contributed by atoms with E-state index in [1.54, 1.807) is 0 Å². The van der Waals surface area contributed by atoms with E-state index >= 15 is 0 Å². The van der Waals surface area contributed by atoms with E-state index in [0.29, 0.717) is 19.0 Å². The van der Waals surface area contributed by atoms with Crippen LogP contribution in [-0.4, -0.2) is 32.9 Å². The zero-order valence-corrected chi connectivity index (χ0v) is 13.0. The summed E-state index contributed by atoms with van der Waals surface area (Å²) in [7, 11) is 0. The predicted octanol–water partition coefficient (Wildman–Crippen LogP) is 2.72. The molecule has 0 radical (unpaired) electrons. The van der Waals surface area contributed by atoms with E-state index < -0.39 is 0 Å². The first kappa shape index (κ1) is 15.4. The molecule has 0 spiro atoms. The number of anilines is 1. The lowest BCUT2D eigenvalue weighted by Crippen LogP contribution is -2.08. The Labute approximate surface area is 125 Å². The van der Waals surface area contributed by atoms with Gasteiger partial charge in [-0.15, -0.1) is 0 Å². The standard InChI is InChI=1S/C15H23N5O/c1-4-9-20-13(7-8-17-20)12-10-14(16-5-2)19-15(18-12)11-21-6-3/h7-8,10H,4-6,9,11H2,1-3H3,(H,16,18,19). The van der Waals surface area contributed by atoms with E-state index in [2.05, 4.69) is 27.3 Å². The second kappa shape index (κ2) is 7.73. The third-order valence-electron chi connectivity index (χ3n) is 2.98. The summed E-state index contributed by atoms with van der Waals surface area (Å²) in [6, 6.07) is 3.94. The van der Waals surface area contributed by atoms with E-state index in [9.17, 15) is 0 Å². The quantitative estimate of drug-likeness (QED) is 0.809. The fourth-order valence-electron chi connectivity index (χ4n) is 2.10. The van der Waals surface area contributed by atoms with E-state index in [1.165, 1.54) is 0 Å². The summed E-state index contributed by atoms with van der Waals surface area (Å²) >= 11 is 0. The third kappa shape index (κ3) is 4.01.